The topological polar surface area (TPSA) is 76.3 Å². The highest BCUT2D eigenvalue weighted by Gasteiger charge is 2.30. The predicted molar refractivity (Wildman–Crippen MR) is 89.9 cm³/mol. The maximum Gasteiger partial charge on any atom is 0.231 e. The molecule has 1 aromatic heterocycles. The summed E-state index contributed by atoms with van der Waals surface area (Å²) in [6, 6.07) is 7.89. The quantitative estimate of drug-likeness (QED) is 0.787. The number of piperidine rings is 1. The second-order valence-electron chi connectivity index (χ2n) is 5.62. The van der Waals surface area contributed by atoms with Crippen LogP contribution in [0.1, 0.15) is 24.7 Å². The summed E-state index contributed by atoms with van der Waals surface area (Å²) in [6.45, 7) is 0.969. The minimum absolute atomic E-state index is 0.0406. The van der Waals surface area contributed by atoms with E-state index in [-0.39, 0.29) is 5.92 Å². The molecule has 0 saturated carbocycles. The molecule has 2 aromatic rings. The van der Waals surface area contributed by atoms with Crippen molar-refractivity contribution in [3.8, 4) is 11.4 Å². The SMILES string of the molecule is CSc1ccccc1-c1noc([C@@H]2CCCN(S(C)(=O)=O)C2)n1. The second kappa shape index (κ2) is 6.62. The maximum absolute atomic E-state index is 11.7. The molecule has 1 aromatic carbocycles. The summed E-state index contributed by atoms with van der Waals surface area (Å²) in [6.07, 6.45) is 4.91. The van der Waals surface area contributed by atoms with Crippen LogP contribution in [0.3, 0.4) is 0 Å². The third-order valence-electron chi connectivity index (χ3n) is 3.99. The largest absolute Gasteiger partial charge is 0.339 e. The summed E-state index contributed by atoms with van der Waals surface area (Å²) < 4.78 is 30.4. The average molecular weight is 353 g/mol. The maximum atomic E-state index is 11.7. The lowest BCUT2D eigenvalue weighted by atomic mass is 10.00. The molecule has 8 heteroatoms. The molecular formula is C15H19N3O3S2. The van der Waals surface area contributed by atoms with E-state index in [1.807, 2.05) is 30.5 Å². The predicted octanol–water partition coefficient (Wildman–Crippen LogP) is 2.60. The Balaban J connectivity index is 1.84. The molecule has 0 aliphatic carbocycles. The van der Waals surface area contributed by atoms with E-state index in [0.717, 1.165) is 23.3 Å². The van der Waals surface area contributed by atoms with Crippen LogP contribution in [0, 0.1) is 0 Å². The zero-order valence-corrected chi connectivity index (χ0v) is 14.7. The van der Waals surface area contributed by atoms with Crippen molar-refractivity contribution < 1.29 is 12.9 Å². The Morgan fingerprint density at radius 1 is 1.35 bits per heavy atom. The summed E-state index contributed by atoms with van der Waals surface area (Å²) in [7, 11) is -3.18. The van der Waals surface area contributed by atoms with Gasteiger partial charge < -0.3 is 4.52 Å². The number of aromatic nitrogens is 2. The Morgan fingerprint density at radius 3 is 2.87 bits per heavy atom. The zero-order valence-electron chi connectivity index (χ0n) is 13.1. The van der Waals surface area contributed by atoms with Crippen molar-refractivity contribution in [3.63, 3.8) is 0 Å². The number of sulfonamides is 1. The highest BCUT2D eigenvalue weighted by atomic mass is 32.2. The molecule has 3 rings (SSSR count). The molecular weight excluding hydrogens is 334 g/mol. The standard InChI is InChI=1S/C15H19N3O3S2/c1-22-13-8-4-3-7-12(13)14-16-15(21-17-14)11-6-5-9-18(10-11)23(2,19)20/h3-4,7-8,11H,5-6,9-10H2,1-2H3/t11-/m1/s1. The van der Waals surface area contributed by atoms with Crippen molar-refractivity contribution in [2.24, 2.45) is 0 Å². The van der Waals surface area contributed by atoms with Crippen molar-refractivity contribution in [1.82, 2.24) is 14.4 Å². The lowest BCUT2D eigenvalue weighted by Gasteiger charge is -2.28. The van der Waals surface area contributed by atoms with Crippen LogP contribution in [0.15, 0.2) is 33.7 Å². The molecule has 1 fully saturated rings. The molecule has 0 radical (unpaired) electrons. The first kappa shape index (κ1) is 16.5. The molecule has 0 spiro atoms. The van der Waals surface area contributed by atoms with Crippen LogP contribution >= 0.6 is 11.8 Å². The van der Waals surface area contributed by atoms with Crippen LogP contribution in [0.2, 0.25) is 0 Å². The van der Waals surface area contributed by atoms with Gasteiger partial charge in [-0.05, 0) is 31.2 Å². The summed E-state index contributed by atoms with van der Waals surface area (Å²) >= 11 is 1.63. The fourth-order valence-electron chi connectivity index (χ4n) is 2.79. The summed E-state index contributed by atoms with van der Waals surface area (Å²) in [5, 5.41) is 4.09. The molecule has 1 atom stereocenters. The Kier molecular flexibility index (Phi) is 4.74. The van der Waals surface area contributed by atoms with Gasteiger partial charge >= 0.3 is 0 Å². The minimum Gasteiger partial charge on any atom is -0.339 e. The first-order valence-electron chi connectivity index (χ1n) is 7.41. The first-order chi connectivity index (χ1) is 11.0. The van der Waals surface area contributed by atoms with Crippen molar-refractivity contribution in [2.75, 3.05) is 25.6 Å². The average Bonchev–Trinajstić information content (AvgIpc) is 3.04. The first-order valence-corrected chi connectivity index (χ1v) is 10.5. The number of thioether (sulfide) groups is 1. The summed E-state index contributed by atoms with van der Waals surface area (Å²) in [5.41, 5.74) is 0.936. The Hall–Kier alpha value is -1.38. The van der Waals surface area contributed by atoms with E-state index in [4.69, 9.17) is 4.52 Å². The highest BCUT2D eigenvalue weighted by Crippen LogP contribution is 2.31. The van der Waals surface area contributed by atoms with Gasteiger partial charge in [-0.25, -0.2) is 12.7 Å². The van der Waals surface area contributed by atoms with Crippen LogP contribution in [0.4, 0.5) is 0 Å². The van der Waals surface area contributed by atoms with E-state index in [9.17, 15) is 8.42 Å². The van der Waals surface area contributed by atoms with E-state index >= 15 is 0 Å². The smallest absolute Gasteiger partial charge is 0.231 e. The summed E-state index contributed by atoms with van der Waals surface area (Å²) in [5.74, 6) is 1.03. The molecule has 1 aliphatic rings. The van der Waals surface area contributed by atoms with E-state index in [0.29, 0.717) is 24.8 Å². The van der Waals surface area contributed by atoms with E-state index in [2.05, 4.69) is 10.1 Å². The molecule has 0 N–H and O–H groups in total. The highest BCUT2D eigenvalue weighted by molar-refractivity contribution is 7.98. The molecule has 124 valence electrons. The third kappa shape index (κ3) is 3.59. The number of hydrogen-bond acceptors (Lipinski definition) is 6. The van der Waals surface area contributed by atoms with Crippen molar-refractivity contribution in [2.45, 2.75) is 23.7 Å². The van der Waals surface area contributed by atoms with E-state index in [1.54, 1.807) is 11.8 Å². The normalized spacial score (nSPS) is 19.8. The molecule has 23 heavy (non-hydrogen) atoms. The molecule has 0 unspecified atom stereocenters. The Morgan fingerprint density at radius 2 is 2.13 bits per heavy atom. The number of rotatable bonds is 4. The van der Waals surface area contributed by atoms with Gasteiger partial charge in [0.1, 0.15) is 0 Å². The molecule has 1 aliphatic heterocycles. The van der Waals surface area contributed by atoms with E-state index < -0.39 is 10.0 Å². The number of hydrogen-bond donors (Lipinski definition) is 0. The summed E-state index contributed by atoms with van der Waals surface area (Å²) in [4.78, 5) is 5.60. The van der Waals surface area contributed by atoms with Crippen molar-refractivity contribution >= 4 is 21.8 Å². The van der Waals surface area contributed by atoms with Crippen LogP contribution in [0.25, 0.3) is 11.4 Å². The third-order valence-corrected chi connectivity index (χ3v) is 6.06. The van der Waals surface area contributed by atoms with Crippen molar-refractivity contribution in [1.29, 1.82) is 0 Å². The van der Waals surface area contributed by atoms with Gasteiger partial charge in [0, 0.05) is 23.5 Å². The second-order valence-corrected chi connectivity index (χ2v) is 8.45. The van der Waals surface area contributed by atoms with Gasteiger partial charge in [-0.15, -0.1) is 11.8 Å². The van der Waals surface area contributed by atoms with Gasteiger partial charge in [-0.3, -0.25) is 0 Å². The fourth-order valence-corrected chi connectivity index (χ4v) is 4.29. The molecule has 1 saturated heterocycles. The van der Waals surface area contributed by atoms with Crippen LogP contribution in [-0.4, -0.2) is 48.5 Å². The van der Waals surface area contributed by atoms with E-state index in [1.165, 1.54) is 10.6 Å². The Bertz CT molecular complexity index is 789. The fraction of sp³-hybridized carbons (Fsp3) is 0.467. The van der Waals surface area contributed by atoms with Gasteiger partial charge in [-0.2, -0.15) is 4.98 Å². The lowest BCUT2D eigenvalue weighted by molar-refractivity contribution is 0.266. The monoisotopic (exact) mass is 353 g/mol. The molecule has 0 amide bonds. The Labute approximate surface area is 140 Å². The molecule has 6 nitrogen and oxygen atoms in total. The number of benzene rings is 1. The van der Waals surface area contributed by atoms with Gasteiger partial charge in [0.25, 0.3) is 0 Å². The van der Waals surface area contributed by atoms with Gasteiger partial charge in [0.05, 0.1) is 12.2 Å². The van der Waals surface area contributed by atoms with Gasteiger partial charge in [0.15, 0.2) is 0 Å². The van der Waals surface area contributed by atoms with Gasteiger partial charge in [0.2, 0.25) is 21.7 Å². The van der Waals surface area contributed by atoms with Gasteiger partial charge in [-0.1, -0.05) is 17.3 Å². The molecule has 2 heterocycles. The van der Waals surface area contributed by atoms with Crippen molar-refractivity contribution in [3.05, 3.63) is 30.2 Å². The van der Waals surface area contributed by atoms with Crippen LogP contribution in [0.5, 0.6) is 0 Å². The number of nitrogens with zero attached hydrogens (tertiary/aromatic N) is 3. The lowest BCUT2D eigenvalue weighted by Crippen LogP contribution is -2.38. The van der Waals surface area contributed by atoms with Crippen LogP contribution < -0.4 is 0 Å². The van der Waals surface area contributed by atoms with Crippen LogP contribution in [-0.2, 0) is 10.0 Å². The molecule has 0 bridgehead atoms. The zero-order chi connectivity index (χ0) is 16.4. The minimum atomic E-state index is -3.18.